The Labute approximate surface area is 177 Å². The Morgan fingerprint density at radius 1 is 0.900 bits per heavy atom. The average Bonchev–Trinajstić information content (AvgIpc) is 3.28. The first-order chi connectivity index (χ1) is 14.3. The van der Waals surface area contributed by atoms with Gasteiger partial charge in [0.2, 0.25) is 0 Å². The third-order valence-corrected chi connectivity index (χ3v) is 5.60. The molecular formula is C23H28N6O. The maximum absolute atomic E-state index is 13.0. The molecule has 0 radical (unpaired) electrons. The molecule has 3 aromatic rings. The van der Waals surface area contributed by atoms with E-state index in [0.29, 0.717) is 18.8 Å². The maximum atomic E-state index is 13.0. The summed E-state index contributed by atoms with van der Waals surface area (Å²) >= 11 is 0. The number of nitrogens with zero attached hydrogens (tertiary/aromatic N) is 5. The Morgan fingerprint density at radius 3 is 2.13 bits per heavy atom. The molecule has 30 heavy (non-hydrogen) atoms. The fourth-order valence-electron chi connectivity index (χ4n) is 3.79. The molecule has 2 aromatic carbocycles. The van der Waals surface area contributed by atoms with Crippen molar-refractivity contribution in [3.05, 3.63) is 66.2 Å². The van der Waals surface area contributed by atoms with Crippen LogP contribution in [0.1, 0.15) is 36.7 Å². The van der Waals surface area contributed by atoms with Gasteiger partial charge in [-0.1, -0.05) is 32.9 Å². The van der Waals surface area contributed by atoms with E-state index in [1.54, 1.807) is 12.7 Å². The Hall–Kier alpha value is -3.35. The molecule has 1 saturated heterocycles. The van der Waals surface area contributed by atoms with Crippen molar-refractivity contribution in [2.24, 2.45) is 0 Å². The Balaban J connectivity index is 1.46. The number of hydrogen-bond donors (Lipinski definition) is 1. The van der Waals surface area contributed by atoms with Crippen LogP contribution >= 0.6 is 0 Å². The lowest BCUT2D eigenvalue weighted by molar-refractivity contribution is 0.0746. The molecule has 1 fully saturated rings. The molecular weight excluding hydrogens is 376 g/mol. The molecule has 1 aliphatic rings. The zero-order valence-electron chi connectivity index (χ0n) is 17.7. The number of benzene rings is 2. The van der Waals surface area contributed by atoms with Crippen molar-refractivity contribution in [3.8, 4) is 5.69 Å². The largest absolute Gasteiger partial charge is 0.399 e. The van der Waals surface area contributed by atoms with E-state index >= 15 is 0 Å². The number of hydrogen-bond acceptors (Lipinski definition) is 5. The predicted octanol–water partition coefficient (Wildman–Crippen LogP) is 3.11. The second-order valence-corrected chi connectivity index (χ2v) is 8.72. The number of amides is 1. The summed E-state index contributed by atoms with van der Waals surface area (Å²) in [4.78, 5) is 17.2. The number of carbonyl (C=O) groups excluding carboxylic acids is 1. The number of rotatable bonds is 3. The highest BCUT2D eigenvalue weighted by molar-refractivity contribution is 5.94. The SMILES string of the molecule is CC(C)(C)c1ccc(C(=O)N2CCN(c3ccc(N)cc3-n3cnnc3)CC2)cc1. The van der Waals surface area contributed by atoms with Crippen molar-refractivity contribution >= 4 is 17.3 Å². The lowest BCUT2D eigenvalue weighted by atomic mass is 9.86. The molecule has 7 nitrogen and oxygen atoms in total. The number of carbonyl (C=O) groups is 1. The van der Waals surface area contributed by atoms with Crippen molar-refractivity contribution in [2.75, 3.05) is 36.8 Å². The van der Waals surface area contributed by atoms with Gasteiger partial charge in [0.15, 0.2) is 0 Å². The number of anilines is 2. The van der Waals surface area contributed by atoms with Gasteiger partial charge in [0, 0.05) is 37.4 Å². The third-order valence-electron chi connectivity index (χ3n) is 5.60. The number of nitrogen functional groups attached to an aromatic ring is 1. The number of piperazine rings is 1. The van der Waals surface area contributed by atoms with Crippen LogP contribution in [-0.2, 0) is 5.41 Å². The van der Waals surface area contributed by atoms with Crippen LogP contribution in [-0.4, -0.2) is 51.8 Å². The molecule has 0 atom stereocenters. The summed E-state index contributed by atoms with van der Waals surface area (Å²) in [5.74, 6) is 0.0893. The zero-order valence-corrected chi connectivity index (χ0v) is 17.7. The second-order valence-electron chi connectivity index (χ2n) is 8.72. The minimum Gasteiger partial charge on any atom is -0.399 e. The molecule has 1 aliphatic heterocycles. The van der Waals surface area contributed by atoms with Crippen LogP contribution in [0.25, 0.3) is 5.69 Å². The smallest absolute Gasteiger partial charge is 0.253 e. The highest BCUT2D eigenvalue weighted by Crippen LogP contribution is 2.28. The Kier molecular flexibility index (Phi) is 5.20. The molecule has 2 heterocycles. The summed E-state index contributed by atoms with van der Waals surface area (Å²) in [6.45, 7) is 9.38. The van der Waals surface area contributed by atoms with Crippen molar-refractivity contribution in [1.82, 2.24) is 19.7 Å². The van der Waals surface area contributed by atoms with Gasteiger partial charge in [-0.2, -0.15) is 0 Å². The Bertz CT molecular complexity index is 1010. The van der Waals surface area contributed by atoms with E-state index in [2.05, 4.69) is 48.0 Å². The van der Waals surface area contributed by atoms with Crippen molar-refractivity contribution in [2.45, 2.75) is 26.2 Å². The van der Waals surface area contributed by atoms with Crippen LogP contribution in [0.5, 0.6) is 0 Å². The molecule has 1 amide bonds. The molecule has 0 aliphatic carbocycles. The highest BCUT2D eigenvalue weighted by atomic mass is 16.2. The molecule has 2 N–H and O–H groups in total. The van der Waals surface area contributed by atoms with E-state index < -0.39 is 0 Å². The van der Waals surface area contributed by atoms with Crippen molar-refractivity contribution in [1.29, 1.82) is 0 Å². The Morgan fingerprint density at radius 2 is 1.53 bits per heavy atom. The standard InChI is InChI=1S/C23H28N6O/c1-23(2,3)18-6-4-17(5-7-18)22(30)28-12-10-27(11-13-28)20-9-8-19(24)14-21(20)29-15-25-26-16-29/h4-9,14-16H,10-13,24H2,1-3H3. The van der Waals surface area contributed by atoms with Crippen LogP contribution < -0.4 is 10.6 Å². The highest BCUT2D eigenvalue weighted by Gasteiger charge is 2.24. The van der Waals surface area contributed by atoms with Gasteiger partial charge < -0.3 is 15.5 Å². The monoisotopic (exact) mass is 404 g/mol. The van der Waals surface area contributed by atoms with E-state index in [4.69, 9.17) is 5.73 Å². The number of nitrogens with two attached hydrogens (primary N) is 1. The molecule has 7 heteroatoms. The first-order valence-corrected chi connectivity index (χ1v) is 10.2. The van der Waals surface area contributed by atoms with Gasteiger partial charge in [0.25, 0.3) is 5.91 Å². The molecule has 0 unspecified atom stereocenters. The van der Waals surface area contributed by atoms with Gasteiger partial charge >= 0.3 is 0 Å². The van der Waals surface area contributed by atoms with Crippen LogP contribution in [0, 0.1) is 0 Å². The van der Waals surface area contributed by atoms with Crippen molar-refractivity contribution in [3.63, 3.8) is 0 Å². The van der Waals surface area contributed by atoms with E-state index in [-0.39, 0.29) is 11.3 Å². The predicted molar refractivity (Wildman–Crippen MR) is 119 cm³/mol. The summed E-state index contributed by atoms with van der Waals surface area (Å²) in [5.41, 5.74) is 10.7. The van der Waals surface area contributed by atoms with Crippen LogP contribution in [0.4, 0.5) is 11.4 Å². The molecule has 0 saturated carbocycles. The van der Waals surface area contributed by atoms with Gasteiger partial charge in [0.05, 0.1) is 11.4 Å². The summed E-state index contributed by atoms with van der Waals surface area (Å²) < 4.78 is 1.86. The first-order valence-electron chi connectivity index (χ1n) is 10.2. The lowest BCUT2D eigenvalue weighted by Crippen LogP contribution is -2.49. The summed E-state index contributed by atoms with van der Waals surface area (Å²) in [5, 5.41) is 7.81. The normalized spacial score (nSPS) is 14.8. The summed E-state index contributed by atoms with van der Waals surface area (Å²) in [6.07, 6.45) is 3.33. The zero-order chi connectivity index (χ0) is 21.3. The quantitative estimate of drug-likeness (QED) is 0.679. The summed E-state index contributed by atoms with van der Waals surface area (Å²) in [6, 6.07) is 13.9. The van der Waals surface area contributed by atoms with Crippen LogP contribution in [0.2, 0.25) is 0 Å². The van der Waals surface area contributed by atoms with Gasteiger partial charge in [0.1, 0.15) is 12.7 Å². The molecule has 0 bridgehead atoms. The van der Waals surface area contributed by atoms with Gasteiger partial charge in [-0.25, -0.2) is 0 Å². The third kappa shape index (κ3) is 4.01. The topological polar surface area (TPSA) is 80.3 Å². The fourth-order valence-corrected chi connectivity index (χ4v) is 3.79. The molecule has 4 rings (SSSR count). The van der Waals surface area contributed by atoms with Gasteiger partial charge in [-0.3, -0.25) is 9.36 Å². The van der Waals surface area contributed by atoms with Crippen LogP contribution in [0.3, 0.4) is 0 Å². The minimum absolute atomic E-state index is 0.0781. The van der Waals surface area contributed by atoms with E-state index in [0.717, 1.165) is 30.0 Å². The van der Waals surface area contributed by atoms with Gasteiger partial charge in [-0.15, -0.1) is 10.2 Å². The molecule has 156 valence electrons. The average molecular weight is 405 g/mol. The van der Waals surface area contributed by atoms with E-state index in [1.807, 2.05) is 39.8 Å². The van der Waals surface area contributed by atoms with E-state index in [9.17, 15) is 4.79 Å². The lowest BCUT2D eigenvalue weighted by Gasteiger charge is -2.37. The molecule has 1 aromatic heterocycles. The maximum Gasteiger partial charge on any atom is 0.253 e. The summed E-state index contributed by atoms with van der Waals surface area (Å²) in [7, 11) is 0. The second kappa shape index (κ2) is 7.82. The first kappa shape index (κ1) is 19.9. The number of aromatic nitrogens is 3. The van der Waals surface area contributed by atoms with E-state index in [1.165, 1.54) is 5.56 Å². The molecule has 0 spiro atoms. The van der Waals surface area contributed by atoms with Crippen molar-refractivity contribution < 1.29 is 4.79 Å². The van der Waals surface area contributed by atoms with Crippen LogP contribution in [0.15, 0.2) is 55.1 Å². The fraction of sp³-hybridized carbons (Fsp3) is 0.348. The van der Waals surface area contributed by atoms with Gasteiger partial charge in [-0.05, 0) is 41.3 Å². The minimum atomic E-state index is 0.0781.